The van der Waals surface area contributed by atoms with Gasteiger partial charge in [-0.2, -0.15) is 0 Å². The molecule has 34 heavy (non-hydrogen) atoms. The van der Waals surface area contributed by atoms with Crippen molar-refractivity contribution >= 4 is 23.4 Å². The van der Waals surface area contributed by atoms with E-state index >= 15 is 0 Å². The summed E-state index contributed by atoms with van der Waals surface area (Å²) in [7, 11) is 3.21. The lowest BCUT2D eigenvalue weighted by Crippen LogP contribution is -2.18. The summed E-state index contributed by atoms with van der Waals surface area (Å²) in [6, 6.07) is 10.3. The summed E-state index contributed by atoms with van der Waals surface area (Å²) in [5, 5.41) is 12.4. The van der Waals surface area contributed by atoms with Crippen molar-refractivity contribution in [2.24, 2.45) is 0 Å². The number of hydrogen-bond acceptors (Lipinski definition) is 6. The van der Waals surface area contributed by atoms with Crippen LogP contribution in [0.5, 0.6) is 11.5 Å². The van der Waals surface area contributed by atoms with Gasteiger partial charge in [-0.25, -0.2) is 4.39 Å². The van der Waals surface area contributed by atoms with Crippen molar-refractivity contribution in [3.05, 3.63) is 47.8 Å². The van der Waals surface area contributed by atoms with Gasteiger partial charge in [0, 0.05) is 17.3 Å². The molecule has 1 aliphatic carbocycles. The normalized spacial score (nSPS) is 14.1. The maximum atomic E-state index is 13.6. The minimum atomic E-state index is -0.384. The Hall–Kier alpha value is -3.07. The number of anilines is 1. The van der Waals surface area contributed by atoms with Crippen LogP contribution in [-0.2, 0) is 4.79 Å². The van der Waals surface area contributed by atoms with E-state index in [0.29, 0.717) is 22.3 Å². The predicted octanol–water partition coefficient (Wildman–Crippen LogP) is 5.65. The number of halogens is 1. The molecule has 0 spiro atoms. The highest BCUT2D eigenvalue weighted by atomic mass is 32.2. The molecule has 0 radical (unpaired) electrons. The minimum absolute atomic E-state index is 0.146. The summed E-state index contributed by atoms with van der Waals surface area (Å²) in [5.74, 6) is 1.56. The SMILES string of the molecule is COc1ccc(-c2nnc(SCC(=O)Nc3cc(F)ccc3C)n2C2CCCCC2)cc1OC. The molecule has 2 aromatic carbocycles. The Bertz CT molecular complexity index is 1160. The molecule has 1 amide bonds. The molecule has 1 fully saturated rings. The summed E-state index contributed by atoms with van der Waals surface area (Å²) < 4.78 is 26.6. The van der Waals surface area contributed by atoms with Crippen molar-refractivity contribution in [3.63, 3.8) is 0 Å². The van der Waals surface area contributed by atoms with Gasteiger partial charge < -0.3 is 14.8 Å². The number of benzene rings is 2. The molecule has 0 unspecified atom stereocenters. The van der Waals surface area contributed by atoms with E-state index < -0.39 is 0 Å². The van der Waals surface area contributed by atoms with E-state index in [2.05, 4.69) is 20.1 Å². The van der Waals surface area contributed by atoms with Crippen molar-refractivity contribution in [3.8, 4) is 22.9 Å². The maximum Gasteiger partial charge on any atom is 0.234 e. The monoisotopic (exact) mass is 484 g/mol. The molecule has 7 nitrogen and oxygen atoms in total. The molecule has 1 heterocycles. The summed E-state index contributed by atoms with van der Waals surface area (Å²) in [5.41, 5.74) is 2.16. The molecule has 0 bridgehead atoms. The second kappa shape index (κ2) is 10.9. The van der Waals surface area contributed by atoms with Crippen LogP contribution in [-0.4, -0.2) is 40.6 Å². The van der Waals surface area contributed by atoms with Crippen LogP contribution >= 0.6 is 11.8 Å². The van der Waals surface area contributed by atoms with Crippen LogP contribution < -0.4 is 14.8 Å². The van der Waals surface area contributed by atoms with E-state index in [1.807, 2.05) is 25.1 Å². The van der Waals surface area contributed by atoms with E-state index in [1.54, 1.807) is 20.3 Å². The third-order valence-electron chi connectivity index (χ3n) is 6.05. The fourth-order valence-corrected chi connectivity index (χ4v) is 5.07. The number of thioether (sulfide) groups is 1. The van der Waals surface area contributed by atoms with Gasteiger partial charge in [0.2, 0.25) is 5.91 Å². The van der Waals surface area contributed by atoms with Crippen molar-refractivity contribution < 1.29 is 18.7 Å². The van der Waals surface area contributed by atoms with Crippen molar-refractivity contribution in [2.45, 2.75) is 50.2 Å². The molecule has 0 saturated heterocycles. The lowest BCUT2D eigenvalue weighted by Gasteiger charge is -2.25. The third-order valence-corrected chi connectivity index (χ3v) is 7.00. The molecule has 180 valence electrons. The molecule has 1 aromatic heterocycles. The number of amides is 1. The first-order valence-corrected chi connectivity index (χ1v) is 12.3. The average Bonchev–Trinajstić information content (AvgIpc) is 3.29. The first kappa shape index (κ1) is 24.1. The van der Waals surface area contributed by atoms with Gasteiger partial charge in [-0.15, -0.1) is 10.2 Å². The molecule has 9 heteroatoms. The summed E-state index contributed by atoms with van der Waals surface area (Å²) >= 11 is 1.34. The van der Waals surface area contributed by atoms with E-state index in [4.69, 9.17) is 9.47 Å². The van der Waals surface area contributed by atoms with E-state index in [1.165, 1.54) is 30.3 Å². The van der Waals surface area contributed by atoms with Gasteiger partial charge in [0.05, 0.1) is 20.0 Å². The zero-order valence-corrected chi connectivity index (χ0v) is 20.5. The van der Waals surface area contributed by atoms with Crippen LogP contribution in [0.25, 0.3) is 11.4 Å². The average molecular weight is 485 g/mol. The Morgan fingerprint density at radius 1 is 1.09 bits per heavy atom. The predicted molar refractivity (Wildman–Crippen MR) is 131 cm³/mol. The highest BCUT2D eigenvalue weighted by molar-refractivity contribution is 7.99. The number of aryl methyl sites for hydroxylation is 1. The molecule has 3 aromatic rings. The fourth-order valence-electron chi connectivity index (χ4n) is 4.26. The number of aromatic nitrogens is 3. The summed E-state index contributed by atoms with van der Waals surface area (Å²) in [6.45, 7) is 1.83. The lowest BCUT2D eigenvalue weighted by molar-refractivity contribution is -0.113. The largest absolute Gasteiger partial charge is 0.493 e. The molecule has 0 atom stereocenters. The van der Waals surface area contributed by atoms with Gasteiger partial charge in [-0.05, 0) is 55.7 Å². The Kier molecular flexibility index (Phi) is 7.72. The van der Waals surface area contributed by atoms with Gasteiger partial charge in [-0.3, -0.25) is 9.36 Å². The van der Waals surface area contributed by atoms with Gasteiger partial charge in [-0.1, -0.05) is 37.1 Å². The van der Waals surface area contributed by atoms with Crippen LogP contribution in [0.15, 0.2) is 41.6 Å². The molecular formula is C25H29FN4O3S. The van der Waals surface area contributed by atoms with Crippen molar-refractivity contribution in [1.82, 2.24) is 14.8 Å². The van der Waals surface area contributed by atoms with E-state index in [0.717, 1.165) is 42.6 Å². The quantitative estimate of drug-likeness (QED) is 0.417. The number of nitrogens with zero attached hydrogens (tertiary/aromatic N) is 3. The number of rotatable bonds is 8. The van der Waals surface area contributed by atoms with Crippen LogP contribution in [0.2, 0.25) is 0 Å². The Labute approximate surface area is 203 Å². The van der Waals surface area contributed by atoms with Crippen LogP contribution in [0.3, 0.4) is 0 Å². The molecule has 0 aliphatic heterocycles. The number of carbonyl (C=O) groups is 1. The topological polar surface area (TPSA) is 78.3 Å². The first-order valence-electron chi connectivity index (χ1n) is 11.4. The zero-order valence-electron chi connectivity index (χ0n) is 19.6. The number of carbonyl (C=O) groups excluding carboxylic acids is 1. The van der Waals surface area contributed by atoms with Gasteiger partial charge in [0.15, 0.2) is 22.5 Å². The number of ether oxygens (including phenoxy) is 2. The van der Waals surface area contributed by atoms with Crippen molar-refractivity contribution in [2.75, 3.05) is 25.3 Å². The highest BCUT2D eigenvalue weighted by Gasteiger charge is 2.25. The Morgan fingerprint density at radius 3 is 2.59 bits per heavy atom. The van der Waals surface area contributed by atoms with Crippen LogP contribution in [0, 0.1) is 12.7 Å². The van der Waals surface area contributed by atoms with Crippen LogP contribution in [0.4, 0.5) is 10.1 Å². The molecule has 1 saturated carbocycles. The molecule has 1 N–H and O–H groups in total. The Morgan fingerprint density at radius 2 is 1.85 bits per heavy atom. The standard InChI is InChI=1S/C25H29FN4O3S/c1-16-9-11-18(26)14-20(16)27-23(31)15-34-25-29-28-24(30(25)19-7-5-4-6-8-19)17-10-12-21(32-2)22(13-17)33-3/h9-14,19H,4-8,15H2,1-3H3,(H,27,31). The molecule has 4 rings (SSSR count). The molecule has 1 aliphatic rings. The van der Waals surface area contributed by atoms with E-state index in [9.17, 15) is 9.18 Å². The molecular weight excluding hydrogens is 455 g/mol. The van der Waals surface area contributed by atoms with E-state index in [-0.39, 0.29) is 23.5 Å². The van der Waals surface area contributed by atoms with Gasteiger partial charge in [0.25, 0.3) is 0 Å². The first-order chi connectivity index (χ1) is 16.5. The minimum Gasteiger partial charge on any atom is -0.493 e. The number of nitrogens with one attached hydrogen (secondary N) is 1. The highest BCUT2D eigenvalue weighted by Crippen LogP contribution is 2.38. The second-order valence-electron chi connectivity index (χ2n) is 8.33. The summed E-state index contributed by atoms with van der Waals surface area (Å²) in [4.78, 5) is 12.6. The number of methoxy groups -OCH3 is 2. The van der Waals surface area contributed by atoms with Gasteiger partial charge in [0.1, 0.15) is 5.82 Å². The second-order valence-corrected chi connectivity index (χ2v) is 9.28. The smallest absolute Gasteiger partial charge is 0.234 e. The maximum absolute atomic E-state index is 13.6. The van der Waals surface area contributed by atoms with Gasteiger partial charge >= 0.3 is 0 Å². The van der Waals surface area contributed by atoms with Crippen molar-refractivity contribution in [1.29, 1.82) is 0 Å². The van der Waals surface area contributed by atoms with Crippen LogP contribution in [0.1, 0.15) is 43.7 Å². The Balaban J connectivity index is 1.58. The zero-order chi connectivity index (χ0) is 24.1. The lowest BCUT2D eigenvalue weighted by atomic mass is 9.95. The number of hydrogen-bond donors (Lipinski definition) is 1. The summed E-state index contributed by atoms with van der Waals surface area (Å²) in [6.07, 6.45) is 5.61. The fraction of sp³-hybridized carbons (Fsp3) is 0.400. The third kappa shape index (κ3) is 5.35.